The second kappa shape index (κ2) is 7.63. The smallest absolute Gasteiger partial charge is 0.269 e. The zero-order valence-electron chi connectivity index (χ0n) is 14.2. The van der Waals surface area contributed by atoms with E-state index >= 15 is 0 Å². The highest BCUT2D eigenvalue weighted by Crippen LogP contribution is 2.23. The molecule has 0 fully saturated rings. The molecule has 0 unspecified atom stereocenters. The fourth-order valence-corrected chi connectivity index (χ4v) is 3.19. The Morgan fingerprint density at radius 1 is 0.889 bits per heavy atom. The van der Waals surface area contributed by atoms with Gasteiger partial charge in [-0.25, -0.2) is 0 Å². The molecule has 0 aliphatic heterocycles. The highest BCUT2D eigenvalue weighted by molar-refractivity contribution is 8.93. The lowest BCUT2D eigenvalue weighted by Crippen LogP contribution is -2.38. The number of ketones is 1. The van der Waals surface area contributed by atoms with Gasteiger partial charge in [0.25, 0.3) is 5.69 Å². The summed E-state index contributed by atoms with van der Waals surface area (Å²) in [6, 6.07) is 21.9. The third-order valence-corrected chi connectivity index (χ3v) is 4.50. The Labute approximate surface area is 165 Å². The standard InChI is InChI=1S/C21H15N2O3.BrH/c24-21(16-7-10-17(11-8-16)23(25)26)14-22-13-3-6-19-18-5-2-1-4-15(18)9-12-20(19)22;/h1-13H,14H2;1H/q+1;. The summed E-state index contributed by atoms with van der Waals surface area (Å²) in [5, 5.41) is 14.1. The molecule has 5 nitrogen and oxygen atoms in total. The topological polar surface area (TPSA) is 64.1 Å². The van der Waals surface area contributed by atoms with E-state index in [-0.39, 0.29) is 35.0 Å². The van der Waals surface area contributed by atoms with Crippen LogP contribution in [0.2, 0.25) is 0 Å². The number of nitro groups is 1. The molecule has 27 heavy (non-hydrogen) atoms. The molecule has 1 aromatic heterocycles. The second-order valence-electron chi connectivity index (χ2n) is 6.08. The van der Waals surface area contributed by atoms with Crippen LogP contribution in [0.15, 0.2) is 79.0 Å². The number of rotatable bonds is 4. The lowest BCUT2D eigenvalue weighted by atomic mass is 10.0. The van der Waals surface area contributed by atoms with Gasteiger partial charge in [-0.1, -0.05) is 24.3 Å². The number of nitrogens with zero attached hydrogens (tertiary/aromatic N) is 2. The van der Waals surface area contributed by atoms with Gasteiger partial charge in [0.2, 0.25) is 17.8 Å². The van der Waals surface area contributed by atoms with E-state index in [0.29, 0.717) is 5.56 Å². The van der Waals surface area contributed by atoms with E-state index in [1.165, 1.54) is 24.3 Å². The van der Waals surface area contributed by atoms with E-state index in [1.807, 2.05) is 47.2 Å². The number of hydrogen-bond donors (Lipinski definition) is 0. The Bertz CT molecular complexity index is 1160. The van der Waals surface area contributed by atoms with E-state index < -0.39 is 4.92 Å². The predicted molar refractivity (Wildman–Crippen MR) is 109 cm³/mol. The Hall–Kier alpha value is -3.12. The Morgan fingerprint density at radius 3 is 2.33 bits per heavy atom. The summed E-state index contributed by atoms with van der Waals surface area (Å²) in [7, 11) is 0. The molecular weight excluding hydrogens is 408 g/mol. The Kier molecular flexibility index (Phi) is 5.28. The summed E-state index contributed by atoms with van der Waals surface area (Å²) >= 11 is 0. The molecule has 0 spiro atoms. The van der Waals surface area contributed by atoms with Gasteiger partial charge >= 0.3 is 0 Å². The van der Waals surface area contributed by atoms with Crippen LogP contribution in [0.5, 0.6) is 0 Å². The van der Waals surface area contributed by atoms with Crippen LogP contribution >= 0.6 is 17.0 Å². The third-order valence-electron chi connectivity index (χ3n) is 4.50. The van der Waals surface area contributed by atoms with Gasteiger partial charge in [-0.3, -0.25) is 14.9 Å². The van der Waals surface area contributed by atoms with Crippen LogP contribution in [0, 0.1) is 10.1 Å². The SMILES string of the molecule is Br.O=C(C[n+]1cccc2c3ccccc3ccc21)c1ccc([N+](=O)[O-])cc1. The minimum Gasteiger partial charge on any atom is -0.287 e. The lowest BCUT2D eigenvalue weighted by Gasteiger charge is -2.04. The van der Waals surface area contributed by atoms with Gasteiger partial charge in [0.05, 0.1) is 10.3 Å². The van der Waals surface area contributed by atoms with Crippen LogP contribution < -0.4 is 4.57 Å². The molecule has 4 rings (SSSR count). The monoisotopic (exact) mass is 423 g/mol. The van der Waals surface area contributed by atoms with E-state index in [1.54, 1.807) is 0 Å². The minimum absolute atomic E-state index is 0. The molecule has 0 aliphatic rings. The first kappa shape index (κ1) is 18.7. The molecule has 0 saturated carbocycles. The van der Waals surface area contributed by atoms with Crippen molar-refractivity contribution in [3.63, 3.8) is 0 Å². The van der Waals surface area contributed by atoms with Crippen molar-refractivity contribution in [3.8, 4) is 0 Å². The van der Waals surface area contributed by atoms with E-state index in [0.717, 1.165) is 21.7 Å². The largest absolute Gasteiger partial charge is 0.287 e. The number of carbonyl (C=O) groups is 1. The molecule has 6 heteroatoms. The molecule has 0 N–H and O–H groups in total. The number of Topliss-reactive ketones (excluding diaryl/α,β-unsaturated/α-hetero) is 1. The fourth-order valence-electron chi connectivity index (χ4n) is 3.19. The summed E-state index contributed by atoms with van der Waals surface area (Å²) < 4.78 is 1.91. The van der Waals surface area contributed by atoms with Crippen molar-refractivity contribution < 1.29 is 14.3 Å². The number of aromatic nitrogens is 1. The van der Waals surface area contributed by atoms with Gasteiger partial charge in [0.1, 0.15) is 0 Å². The maximum Gasteiger partial charge on any atom is 0.269 e. The zero-order chi connectivity index (χ0) is 18.1. The zero-order valence-corrected chi connectivity index (χ0v) is 16.0. The lowest BCUT2D eigenvalue weighted by molar-refractivity contribution is -0.657. The first-order chi connectivity index (χ1) is 12.6. The minimum atomic E-state index is -0.473. The molecule has 1 heterocycles. The first-order valence-electron chi connectivity index (χ1n) is 8.21. The van der Waals surface area contributed by atoms with Gasteiger partial charge in [0, 0.05) is 29.8 Å². The molecule has 0 atom stereocenters. The summed E-state index contributed by atoms with van der Waals surface area (Å²) in [4.78, 5) is 22.9. The van der Waals surface area contributed by atoms with Gasteiger partial charge in [-0.05, 0) is 35.0 Å². The van der Waals surface area contributed by atoms with Crippen LogP contribution in [0.4, 0.5) is 5.69 Å². The Morgan fingerprint density at radius 2 is 1.59 bits per heavy atom. The van der Waals surface area contributed by atoms with Crippen molar-refractivity contribution in [1.82, 2.24) is 0 Å². The maximum atomic E-state index is 12.6. The quantitative estimate of drug-likeness (QED) is 0.158. The third kappa shape index (κ3) is 3.57. The van der Waals surface area contributed by atoms with Gasteiger partial charge in [0.15, 0.2) is 6.20 Å². The molecule has 3 aromatic carbocycles. The number of pyridine rings is 1. The van der Waals surface area contributed by atoms with Crippen molar-refractivity contribution in [1.29, 1.82) is 0 Å². The van der Waals surface area contributed by atoms with Gasteiger partial charge in [-0.15, -0.1) is 17.0 Å². The molecule has 134 valence electrons. The number of fused-ring (bicyclic) bond motifs is 3. The molecule has 0 bridgehead atoms. The second-order valence-corrected chi connectivity index (χ2v) is 6.08. The van der Waals surface area contributed by atoms with Crippen molar-refractivity contribution in [2.75, 3.05) is 0 Å². The van der Waals surface area contributed by atoms with Crippen molar-refractivity contribution in [3.05, 3.63) is 94.7 Å². The number of carbonyl (C=O) groups excluding carboxylic acids is 1. The number of hydrogen-bond acceptors (Lipinski definition) is 3. The molecule has 0 amide bonds. The number of halogens is 1. The summed E-state index contributed by atoms with van der Waals surface area (Å²) in [6.07, 6.45) is 1.88. The average Bonchev–Trinajstić information content (AvgIpc) is 2.68. The van der Waals surface area contributed by atoms with Crippen LogP contribution in [-0.2, 0) is 6.54 Å². The molecular formula is C21H16BrN2O3+. The number of non-ortho nitro benzene ring substituents is 1. The first-order valence-corrected chi connectivity index (χ1v) is 8.21. The average molecular weight is 424 g/mol. The molecule has 0 saturated heterocycles. The summed E-state index contributed by atoms with van der Waals surface area (Å²) in [6.45, 7) is 0.174. The molecule has 4 aromatic rings. The predicted octanol–water partition coefficient (Wildman–Crippen LogP) is 4.65. The van der Waals surface area contributed by atoms with E-state index in [4.69, 9.17) is 0 Å². The van der Waals surface area contributed by atoms with Gasteiger partial charge < -0.3 is 0 Å². The van der Waals surface area contributed by atoms with Gasteiger partial charge in [-0.2, -0.15) is 4.57 Å². The van der Waals surface area contributed by atoms with Crippen molar-refractivity contribution in [2.45, 2.75) is 6.54 Å². The summed E-state index contributed by atoms with van der Waals surface area (Å²) in [5.74, 6) is -0.0921. The highest BCUT2D eigenvalue weighted by Gasteiger charge is 2.17. The van der Waals surface area contributed by atoms with Crippen LogP contribution in [-0.4, -0.2) is 10.7 Å². The van der Waals surface area contributed by atoms with E-state index in [9.17, 15) is 14.9 Å². The van der Waals surface area contributed by atoms with Crippen LogP contribution in [0.25, 0.3) is 21.7 Å². The molecule has 0 radical (unpaired) electrons. The van der Waals surface area contributed by atoms with Crippen LogP contribution in [0.1, 0.15) is 10.4 Å². The Balaban J connectivity index is 0.00000210. The number of nitro benzene ring substituents is 1. The normalized spacial score (nSPS) is 10.5. The van der Waals surface area contributed by atoms with Crippen molar-refractivity contribution >= 4 is 50.1 Å². The van der Waals surface area contributed by atoms with Crippen molar-refractivity contribution in [2.24, 2.45) is 0 Å². The summed E-state index contributed by atoms with van der Waals surface area (Å²) in [5.41, 5.74) is 1.41. The maximum absolute atomic E-state index is 12.6. The molecule has 0 aliphatic carbocycles. The van der Waals surface area contributed by atoms with Crippen LogP contribution in [0.3, 0.4) is 0 Å². The fraction of sp³-hybridized carbons (Fsp3) is 0.0476. The highest BCUT2D eigenvalue weighted by atomic mass is 79.9. The number of benzene rings is 3. The van der Waals surface area contributed by atoms with E-state index in [2.05, 4.69) is 12.1 Å².